The number of hydrogen-bond donors (Lipinski definition) is 0. The predicted octanol–water partition coefficient (Wildman–Crippen LogP) is 1.92. The Hall–Kier alpha value is -2.43. The van der Waals surface area contributed by atoms with E-state index >= 15 is 0 Å². The maximum absolute atomic E-state index is 13.1. The summed E-state index contributed by atoms with van der Waals surface area (Å²) in [6.07, 6.45) is 3.65. The SMILES string of the molecule is CCCCOc1ccc(S(=O)(=O)N2CCN(c3cc(N4CCN(C)CC4)ncn3)CC2)cc1. The summed E-state index contributed by atoms with van der Waals surface area (Å²) in [7, 11) is -1.40. The Labute approximate surface area is 197 Å². The van der Waals surface area contributed by atoms with Gasteiger partial charge in [0.15, 0.2) is 0 Å². The molecule has 0 N–H and O–H groups in total. The number of anilines is 2. The number of rotatable bonds is 8. The van der Waals surface area contributed by atoms with E-state index in [1.54, 1.807) is 34.9 Å². The van der Waals surface area contributed by atoms with Crippen LogP contribution >= 0.6 is 0 Å². The van der Waals surface area contributed by atoms with E-state index < -0.39 is 10.0 Å². The fourth-order valence-corrected chi connectivity index (χ4v) is 5.49. The molecule has 0 aliphatic carbocycles. The molecular weight excluding hydrogens is 440 g/mol. The number of benzene rings is 1. The van der Waals surface area contributed by atoms with Gasteiger partial charge in [0.05, 0.1) is 11.5 Å². The summed E-state index contributed by atoms with van der Waals surface area (Å²) in [5, 5.41) is 0. The van der Waals surface area contributed by atoms with E-state index in [9.17, 15) is 8.42 Å². The van der Waals surface area contributed by atoms with Gasteiger partial charge in [-0.25, -0.2) is 18.4 Å². The minimum absolute atomic E-state index is 0.304. The zero-order chi connectivity index (χ0) is 23.3. The average molecular weight is 475 g/mol. The fourth-order valence-electron chi connectivity index (χ4n) is 4.07. The molecule has 180 valence electrons. The summed E-state index contributed by atoms with van der Waals surface area (Å²) in [6.45, 7) is 8.70. The van der Waals surface area contributed by atoms with Gasteiger partial charge in [-0.1, -0.05) is 13.3 Å². The van der Waals surface area contributed by atoms with Crippen LogP contribution in [0.5, 0.6) is 5.75 Å². The van der Waals surface area contributed by atoms with Gasteiger partial charge in [0.2, 0.25) is 10.0 Å². The van der Waals surface area contributed by atoms with Crippen molar-refractivity contribution in [2.24, 2.45) is 0 Å². The standard InChI is InChI=1S/C23H34N6O3S/c1-3-4-17-32-20-5-7-21(8-6-20)33(30,31)29-15-13-28(14-16-29)23-18-22(24-19-25-23)27-11-9-26(2)10-12-27/h5-8,18-19H,3-4,9-17H2,1-2H3. The van der Waals surface area contributed by atoms with Gasteiger partial charge in [0.25, 0.3) is 0 Å². The Balaban J connectivity index is 1.36. The molecule has 2 aliphatic heterocycles. The number of unbranched alkanes of at least 4 members (excludes halogenated alkanes) is 1. The van der Waals surface area contributed by atoms with Crippen LogP contribution in [-0.2, 0) is 10.0 Å². The lowest BCUT2D eigenvalue weighted by Crippen LogP contribution is -2.49. The van der Waals surface area contributed by atoms with Crippen LogP contribution in [-0.4, -0.2) is 93.6 Å². The molecule has 33 heavy (non-hydrogen) atoms. The van der Waals surface area contributed by atoms with Crippen molar-refractivity contribution in [1.82, 2.24) is 19.2 Å². The molecule has 0 bridgehead atoms. The van der Waals surface area contributed by atoms with Crippen molar-refractivity contribution in [3.63, 3.8) is 0 Å². The highest BCUT2D eigenvalue weighted by Gasteiger charge is 2.29. The second-order valence-electron chi connectivity index (χ2n) is 8.59. The number of piperazine rings is 2. The average Bonchev–Trinajstić information content (AvgIpc) is 2.85. The molecule has 0 unspecified atom stereocenters. The third-order valence-electron chi connectivity index (χ3n) is 6.26. The second kappa shape index (κ2) is 10.7. The van der Waals surface area contributed by atoms with E-state index in [0.29, 0.717) is 43.4 Å². The van der Waals surface area contributed by atoms with Crippen molar-refractivity contribution in [2.75, 3.05) is 75.8 Å². The Kier molecular flexibility index (Phi) is 7.67. The van der Waals surface area contributed by atoms with Crippen LogP contribution < -0.4 is 14.5 Å². The third-order valence-corrected chi connectivity index (χ3v) is 8.17. The van der Waals surface area contributed by atoms with E-state index in [2.05, 4.69) is 38.6 Å². The second-order valence-corrected chi connectivity index (χ2v) is 10.5. The molecule has 4 rings (SSSR count). The molecule has 0 saturated carbocycles. The number of sulfonamides is 1. The molecule has 0 amide bonds. The summed E-state index contributed by atoms with van der Waals surface area (Å²) in [5.41, 5.74) is 0. The van der Waals surface area contributed by atoms with E-state index in [0.717, 1.165) is 50.7 Å². The highest BCUT2D eigenvalue weighted by atomic mass is 32.2. The molecular formula is C23H34N6O3S. The largest absolute Gasteiger partial charge is 0.494 e. The van der Waals surface area contributed by atoms with Gasteiger partial charge in [-0.2, -0.15) is 4.31 Å². The number of ether oxygens (including phenoxy) is 1. The lowest BCUT2D eigenvalue weighted by atomic mass is 10.3. The Morgan fingerprint density at radius 3 is 2.03 bits per heavy atom. The first kappa shape index (κ1) is 23.7. The van der Waals surface area contributed by atoms with Crippen LogP contribution in [0.1, 0.15) is 19.8 Å². The number of hydrogen-bond acceptors (Lipinski definition) is 8. The topological polar surface area (TPSA) is 82.1 Å². The maximum Gasteiger partial charge on any atom is 0.243 e. The molecule has 0 radical (unpaired) electrons. The van der Waals surface area contributed by atoms with Crippen LogP contribution in [0.25, 0.3) is 0 Å². The Bertz CT molecular complexity index is 1000. The van der Waals surface area contributed by atoms with Crippen molar-refractivity contribution in [1.29, 1.82) is 0 Å². The van der Waals surface area contributed by atoms with Crippen LogP contribution in [0.4, 0.5) is 11.6 Å². The molecule has 0 spiro atoms. The van der Waals surface area contributed by atoms with Gasteiger partial charge in [-0.3, -0.25) is 0 Å². The van der Waals surface area contributed by atoms with Crippen LogP contribution in [0, 0.1) is 0 Å². The summed E-state index contributed by atoms with van der Waals surface area (Å²) in [6, 6.07) is 8.76. The molecule has 1 aromatic heterocycles. The van der Waals surface area contributed by atoms with Crippen molar-refractivity contribution in [3.8, 4) is 5.75 Å². The van der Waals surface area contributed by atoms with E-state index in [1.165, 1.54) is 0 Å². The Morgan fingerprint density at radius 2 is 1.45 bits per heavy atom. The summed E-state index contributed by atoms with van der Waals surface area (Å²) >= 11 is 0. The highest BCUT2D eigenvalue weighted by Crippen LogP contribution is 2.24. The first-order valence-corrected chi connectivity index (χ1v) is 13.1. The van der Waals surface area contributed by atoms with Crippen LogP contribution in [0.2, 0.25) is 0 Å². The number of aromatic nitrogens is 2. The molecule has 2 aliphatic rings. The maximum atomic E-state index is 13.1. The zero-order valence-corrected chi connectivity index (χ0v) is 20.4. The molecule has 3 heterocycles. The zero-order valence-electron chi connectivity index (χ0n) is 19.6. The fraction of sp³-hybridized carbons (Fsp3) is 0.565. The van der Waals surface area contributed by atoms with E-state index in [-0.39, 0.29) is 0 Å². The van der Waals surface area contributed by atoms with E-state index in [4.69, 9.17) is 4.74 Å². The van der Waals surface area contributed by atoms with Gasteiger partial charge in [0.1, 0.15) is 23.7 Å². The Morgan fingerprint density at radius 1 is 0.879 bits per heavy atom. The third kappa shape index (κ3) is 5.74. The lowest BCUT2D eigenvalue weighted by molar-refractivity contribution is 0.309. The highest BCUT2D eigenvalue weighted by molar-refractivity contribution is 7.89. The normalized spacial score (nSPS) is 18.5. The minimum Gasteiger partial charge on any atom is -0.494 e. The van der Waals surface area contributed by atoms with Crippen LogP contribution in [0.3, 0.4) is 0 Å². The van der Waals surface area contributed by atoms with Gasteiger partial charge in [0, 0.05) is 58.4 Å². The van der Waals surface area contributed by atoms with Gasteiger partial charge in [-0.05, 0) is 37.7 Å². The van der Waals surface area contributed by atoms with Crippen molar-refractivity contribution in [3.05, 3.63) is 36.7 Å². The molecule has 2 aromatic rings. The molecule has 9 nitrogen and oxygen atoms in total. The quantitative estimate of drug-likeness (QED) is 0.537. The summed E-state index contributed by atoms with van der Waals surface area (Å²) in [4.78, 5) is 15.9. The number of likely N-dealkylation sites (N-methyl/N-ethyl adjacent to an activating group) is 1. The minimum atomic E-state index is -3.53. The lowest BCUT2D eigenvalue weighted by Gasteiger charge is -2.36. The first-order valence-electron chi connectivity index (χ1n) is 11.7. The molecule has 2 saturated heterocycles. The predicted molar refractivity (Wildman–Crippen MR) is 130 cm³/mol. The molecule has 10 heteroatoms. The number of nitrogens with zero attached hydrogens (tertiary/aromatic N) is 6. The molecule has 0 atom stereocenters. The first-order chi connectivity index (χ1) is 16.0. The molecule has 2 fully saturated rings. The summed E-state index contributed by atoms with van der Waals surface area (Å²) < 4.78 is 33.4. The van der Waals surface area contributed by atoms with Crippen LogP contribution in [0.15, 0.2) is 41.6 Å². The monoisotopic (exact) mass is 474 g/mol. The summed E-state index contributed by atoms with van der Waals surface area (Å²) in [5.74, 6) is 2.49. The van der Waals surface area contributed by atoms with E-state index in [1.807, 2.05) is 6.07 Å². The van der Waals surface area contributed by atoms with Crippen molar-refractivity contribution in [2.45, 2.75) is 24.7 Å². The van der Waals surface area contributed by atoms with Gasteiger partial charge < -0.3 is 19.4 Å². The molecule has 1 aromatic carbocycles. The van der Waals surface area contributed by atoms with Gasteiger partial charge in [-0.15, -0.1) is 0 Å². The van der Waals surface area contributed by atoms with Crippen molar-refractivity contribution >= 4 is 21.7 Å². The van der Waals surface area contributed by atoms with Crippen molar-refractivity contribution < 1.29 is 13.2 Å². The smallest absolute Gasteiger partial charge is 0.243 e. The van der Waals surface area contributed by atoms with Gasteiger partial charge >= 0.3 is 0 Å².